The molecule has 1 aromatic carbocycles. The second kappa shape index (κ2) is 6.95. The van der Waals surface area contributed by atoms with Crippen molar-refractivity contribution in [2.45, 2.75) is 44.8 Å². The van der Waals surface area contributed by atoms with Gasteiger partial charge in [0.2, 0.25) is 0 Å². The van der Waals surface area contributed by atoms with Crippen LogP contribution in [0.25, 0.3) is 0 Å². The van der Waals surface area contributed by atoms with Crippen LogP contribution in [0.4, 0.5) is 4.79 Å². The summed E-state index contributed by atoms with van der Waals surface area (Å²) in [7, 11) is 1.58. The fourth-order valence-electron chi connectivity index (χ4n) is 3.26. The highest BCUT2D eigenvalue weighted by Crippen LogP contribution is 2.31. The summed E-state index contributed by atoms with van der Waals surface area (Å²) >= 11 is 0. The van der Waals surface area contributed by atoms with Gasteiger partial charge in [0.15, 0.2) is 0 Å². The predicted molar refractivity (Wildman–Crippen MR) is 88.5 cm³/mol. The van der Waals surface area contributed by atoms with Crippen LogP contribution >= 0.6 is 0 Å². The molecular weight excluding hydrogens is 308 g/mol. The van der Waals surface area contributed by atoms with Crippen molar-refractivity contribution in [3.05, 3.63) is 41.1 Å². The maximum atomic E-state index is 12.7. The first-order valence-electron chi connectivity index (χ1n) is 8.21. The molecule has 1 aliphatic heterocycles. The molecule has 128 valence electrons. The van der Waals surface area contributed by atoms with E-state index < -0.39 is 6.04 Å². The molecule has 0 saturated heterocycles. The number of benzene rings is 1. The normalized spacial score (nSPS) is 21.2. The van der Waals surface area contributed by atoms with Crippen LogP contribution in [-0.4, -0.2) is 25.2 Å². The molecule has 0 spiro atoms. The molecule has 6 heteroatoms. The van der Waals surface area contributed by atoms with Crippen LogP contribution in [0.5, 0.6) is 5.75 Å². The lowest BCUT2D eigenvalue weighted by Gasteiger charge is -2.29. The third-order valence-electron chi connectivity index (χ3n) is 4.49. The van der Waals surface area contributed by atoms with Crippen LogP contribution in [0.15, 0.2) is 35.5 Å². The number of esters is 1. The van der Waals surface area contributed by atoms with E-state index in [4.69, 9.17) is 9.47 Å². The Hall–Kier alpha value is -2.50. The van der Waals surface area contributed by atoms with Crippen molar-refractivity contribution in [1.82, 2.24) is 10.6 Å². The average Bonchev–Trinajstić information content (AvgIpc) is 3.07. The van der Waals surface area contributed by atoms with E-state index in [2.05, 4.69) is 10.6 Å². The lowest BCUT2D eigenvalue weighted by molar-refractivity contribution is -0.144. The summed E-state index contributed by atoms with van der Waals surface area (Å²) in [5, 5.41) is 5.47. The minimum Gasteiger partial charge on any atom is -0.497 e. The first-order chi connectivity index (χ1) is 11.6. The van der Waals surface area contributed by atoms with Crippen molar-refractivity contribution >= 4 is 12.0 Å². The van der Waals surface area contributed by atoms with Gasteiger partial charge in [0.1, 0.15) is 11.9 Å². The summed E-state index contributed by atoms with van der Waals surface area (Å²) in [5.74, 6) is 0.293. The van der Waals surface area contributed by atoms with Crippen LogP contribution in [0, 0.1) is 0 Å². The van der Waals surface area contributed by atoms with Gasteiger partial charge in [0.05, 0.1) is 18.7 Å². The average molecular weight is 330 g/mol. The minimum atomic E-state index is -0.553. The van der Waals surface area contributed by atoms with Crippen LogP contribution in [0.3, 0.4) is 0 Å². The molecular formula is C18H22N2O4. The Morgan fingerprint density at radius 2 is 2.00 bits per heavy atom. The number of ether oxygens (including phenoxy) is 2. The van der Waals surface area contributed by atoms with Gasteiger partial charge in [-0.3, -0.25) is 0 Å². The Balaban J connectivity index is 1.90. The summed E-state index contributed by atoms with van der Waals surface area (Å²) in [5.41, 5.74) is 1.74. The predicted octanol–water partition coefficient (Wildman–Crippen LogP) is 2.81. The summed E-state index contributed by atoms with van der Waals surface area (Å²) < 4.78 is 10.9. The molecule has 1 aliphatic carbocycles. The molecule has 2 amide bonds. The Bertz CT molecular complexity index is 677. The second-order valence-corrected chi connectivity index (χ2v) is 6.16. The zero-order valence-electron chi connectivity index (χ0n) is 13.9. The number of nitrogens with one attached hydrogen (secondary N) is 2. The Labute approximate surface area is 141 Å². The van der Waals surface area contributed by atoms with Crippen LogP contribution in [-0.2, 0) is 9.53 Å². The molecule has 1 atom stereocenters. The lowest BCUT2D eigenvalue weighted by atomic mass is 9.95. The summed E-state index contributed by atoms with van der Waals surface area (Å²) in [6.45, 7) is 1.72. The van der Waals surface area contributed by atoms with E-state index in [-0.39, 0.29) is 18.1 Å². The summed E-state index contributed by atoms with van der Waals surface area (Å²) in [6, 6.07) is 6.43. The fraction of sp³-hybridized carbons (Fsp3) is 0.444. The van der Waals surface area contributed by atoms with Crippen LogP contribution < -0.4 is 15.4 Å². The van der Waals surface area contributed by atoms with E-state index in [0.717, 1.165) is 31.2 Å². The van der Waals surface area contributed by atoms with E-state index in [1.54, 1.807) is 14.0 Å². The maximum Gasteiger partial charge on any atom is 0.338 e. The standard InChI is InChI=1S/C18H22N2O4/c1-11-15(17(21)24-13-7-3-4-8-13)16(20-18(22)19-11)12-6-5-9-14(10-12)23-2/h5-6,9-10,13,16H,3-4,7-8H2,1-2H3,(H2,19,20,22)/t16-/m1/s1. The largest absolute Gasteiger partial charge is 0.497 e. The maximum absolute atomic E-state index is 12.7. The highest BCUT2D eigenvalue weighted by atomic mass is 16.5. The number of amides is 2. The third-order valence-corrected chi connectivity index (χ3v) is 4.49. The number of carbonyl (C=O) groups excluding carboxylic acids is 2. The van der Waals surface area contributed by atoms with Crippen molar-refractivity contribution in [3.63, 3.8) is 0 Å². The number of hydrogen-bond donors (Lipinski definition) is 2. The van der Waals surface area contributed by atoms with E-state index >= 15 is 0 Å². The molecule has 0 aromatic heterocycles. The van der Waals surface area contributed by atoms with E-state index in [1.807, 2.05) is 24.3 Å². The van der Waals surface area contributed by atoms with Crippen molar-refractivity contribution < 1.29 is 19.1 Å². The number of hydrogen-bond acceptors (Lipinski definition) is 4. The summed E-state index contributed by atoms with van der Waals surface area (Å²) in [6.07, 6.45) is 3.96. The topological polar surface area (TPSA) is 76.7 Å². The molecule has 1 fully saturated rings. The highest BCUT2D eigenvalue weighted by molar-refractivity contribution is 5.95. The summed E-state index contributed by atoms with van der Waals surface area (Å²) in [4.78, 5) is 24.6. The Morgan fingerprint density at radius 1 is 1.25 bits per heavy atom. The Morgan fingerprint density at radius 3 is 2.71 bits per heavy atom. The van der Waals surface area contributed by atoms with Gasteiger partial charge in [0, 0.05) is 5.70 Å². The van der Waals surface area contributed by atoms with Gasteiger partial charge in [-0.15, -0.1) is 0 Å². The zero-order chi connectivity index (χ0) is 17.1. The van der Waals surface area contributed by atoms with Crippen LogP contribution in [0.2, 0.25) is 0 Å². The molecule has 0 bridgehead atoms. The molecule has 6 nitrogen and oxygen atoms in total. The second-order valence-electron chi connectivity index (χ2n) is 6.16. The zero-order valence-corrected chi connectivity index (χ0v) is 13.9. The molecule has 0 unspecified atom stereocenters. The van der Waals surface area contributed by atoms with Gasteiger partial charge in [-0.1, -0.05) is 12.1 Å². The Kier molecular flexibility index (Phi) is 4.74. The molecule has 3 rings (SSSR count). The SMILES string of the molecule is COc1cccc([C@H]2NC(=O)NC(C)=C2C(=O)OC2CCCC2)c1. The molecule has 2 N–H and O–H groups in total. The third kappa shape index (κ3) is 3.37. The molecule has 1 heterocycles. The van der Waals surface area contributed by atoms with Gasteiger partial charge in [0.25, 0.3) is 0 Å². The number of urea groups is 1. The molecule has 2 aliphatic rings. The molecule has 1 aromatic rings. The van der Waals surface area contributed by atoms with Gasteiger partial charge < -0.3 is 20.1 Å². The monoisotopic (exact) mass is 330 g/mol. The van der Waals surface area contributed by atoms with Crippen molar-refractivity contribution in [3.8, 4) is 5.75 Å². The van der Waals surface area contributed by atoms with E-state index in [0.29, 0.717) is 17.0 Å². The quantitative estimate of drug-likeness (QED) is 0.832. The van der Waals surface area contributed by atoms with Crippen molar-refractivity contribution in [2.75, 3.05) is 7.11 Å². The molecule has 0 radical (unpaired) electrons. The van der Waals surface area contributed by atoms with E-state index in [9.17, 15) is 9.59 Å². The van der Waals surface area contributed by atoms with Gasteiger partial charge in [-0.2, -0.15) is 0 Å². The van der Waals surface area contributed by atoms with Gasteiger partial charge >= 0.3 is 12.0 Å². The molecule has 24 heavy (non-hydrogen) atoms. The van der Waals surface area contributed by atoms with E-state index in [1.165, 1.54) is 0 Å². The van der Waals surface area contributed by atoms with Crippen molar-refractivity contribution in [1.29, 1.82) is 0 Å². The molecule has 1 saturated carbocycles. The van der Waals surface area contributed by atoms with Gasteiger partial charge in [-0.05, 0) is 50.3 Å². The number of rotatable bonds is 4. The van der Waals surface area contributed by atoms with Crippen molar-refractivity contribution in [2.24, 2.45) is 0 Å². The minimum absolute atomic E-state index is 0.0265. The number of carbonyl (C=O) groups is 2. The smallest absolute Gasteiger partial charge is 0.338 e. The number of allylic oxidation sites excluding steroid dienone is 1. The first kappa shape index (κ1) is 16.4. The fourth-order valence-corrected chi connectivity index (χ4v) is 3.26. The first-order valence-corrected chi connectivity index (χ1v) is 8.21. The van der Waals surface area contributed by atoms with Gasteiger partial charge in [-0.25, -0.2) is 9.59 Å². The number of methoxy groups -OCH3 is 1. The lowest BCUT2D eigenvalue weighted by Crippen LogP contribution is -2.45. The highest BCUT2D eigenvalue weighted by Gasteiger charge is 2.34. The van der Waals surface area contributed by atoms with Crippen LogP contribution in [0.1, 0.15) is 44.2 Å².